The van der Waals surface area contributed by atoms with Gasteiger partial charge in [-0.3, -0.25) is 9.59 Å². The number of amides is 1. The Balaban J connectivity index is 2.08. The van der Waals surface area contributed by atoms with E-state index in [1.807, 2.05) is 13.0 Å². The van der Waals surface area contributed by atoms with Crippen molar-refractivity contribution in [2.75, 3.05) is 46.5 Å². The Morgan fingerprint density at radius 1 is 0.974 bits per heavy atom. The smallest absolute Gasteiger partial charge is 0.295 e. The van der Waals surface area contributed by atoms with Crippen molar-refractivity contribution in [1.82, 2.24) is 9.80 Å². The average molecular weight is 525 g/mol. The number of likely N-dealkylation sites (N-methyl/N-ethyl adjacent to an activating group) is 1. The molecule has 1 saturated heterocycles. The summed E-state index contributed by atoms with van der Waals surface area (Å²) in [7, 11) is 1.56. The van der Waals surface area contributed by atoms with Gasteiger partial charge in [0.1, 0.15) is 11.5 Å². The summed E-state index contributed by atoms with van der Waals surface area (Å²) in [6.07, 6.45) is 1.92. The van der Waals surface area contributed by atoms with Gasteiger partial charge in [0.25, 0.3) is 11.7 Å². The zero-order valence-electron chi connectivity index (χ0n) is 23.2. The largest absolute Gasteiger partial charge is 0.507 e. The van der Waals surface area contributed by atoms with Crippen molar-refractivity contribution in [3.63, 3.8) is 0 Å². The molecule has 38 heavy (non-hydrogen) atoms. The second kappa shape index (κ2) is 13.9. The van der Waals surface area contributed by atoms with Crippen LogP contribution in [0.15, 0.2) is 48.0 Å². The lowest BCUT2D eigenvalue weighted by atomic mass is 9.95. The third-order valence-corrected chi connectivity index (χ3v) is 6.79. The molecule has 0 aromatic heterocycles. The van der Waals surface area contributed by atoms with Gasteiger partial charge in [-0.25, -0.2) is 0 Å². The molecule has 1 atom stereocenters. The summed E-state index contributed by atoms with van der Waals surface area (Å²) in [5.74, 6) is 0.206. The Morgan fingerprint density at radius 2 is 1.68 bits per heavy atom. The Hall–Kier alpha value is -3.52. The highest BCUT2D eigenvalue weighted by atomic mass is 16.5. The first-order valence-electron chi connectivity index (χ1n) is 13.4. The average Bonchev–Trinajstić information content (AvgIpc) is 3.19. The van der Waals surface area contributed by atoms with Gasteiger partial charge in [0.15, 0.2) is 11.5 Å². The third kappa shape index (κ3) is 6.48. The molecule has 1 aliphatic heterocycles. The van der Waals surface area contributed by atoms with E-state index in [0.717, 1.165) is 25.9 Å². The number of Topliss-reactive ketones (excluding diaryl/α,β-unsaturated/α-hetero) is 1. The van der Waals surface area contributed by atoms with Crippen LogP contribution in [0.3, 0.4) is 0 Å². The first kappa shape index (κ1) is 29.0. The SMILES string of the molecule is CCCCOc1ccc(C2C(=C(O)c3ccc(OCC)cc3)C(=O)C(=O)N2CCN(CC)CC)cc1OC. The van der Waals surface area contributed by atoms with Crippen molar-refractivity contribution < 1.29 is 28.9 Å². The Kier molecular flexibility index (Phi) is 10.6. The highest BCUT2D eigenvalue weighted by Gasteiger charge is 2.46. The summed E-state index contributed by atoms with van der Waals surface area (Å²) in [6, 6.07) is 11.5. The first-order chi connectivity index (χ1) is 18.4. The normalized spacial score (nSPS) is 16.8. The van der Waals surface area contributed by atoms with Gasteiger partial charge in [0.2, 0.25) is 0 Å². The maximum Gasteiger partial charge on any atom is 0.295 e. The fourth-order valence-electron chi connectivity index (χ4n) is 4.58. The minimum Gasteiger partial charge on any atom is -0.507 e. The molecule has 2 aromatic carbocycles. The molecule has 0 saturated carbocycles. The lowest BCUT2D eigenvalue weighted by Gasteiger charge is -2.28. The quantitative estimate of drug-likeness (QED) is 0.160. The number of likely N-dealkylation sites (tertiary alicyclic amines) is 1. The van der Waals surface area contributed by atoms with E-state index in [-0.39, 0.29) is 11.3 Å². The van der Waals surface area contributed by atoms with Crippen LogP contribution in [-0.4, -0.2) is 73.1 Å². The summed E-state index contributed by atoms with van der Waals surface area (Å²) in [5, 5.41) is 11.3. The van der Waals surface area contributed by atoms with Crippen LogP contribution in [0.4, 0.5) is 0 Å². The van der Waals surface area contributed by atoms with Crippen molar-refractivity contribution in [2.45, 2.75) is 46.6 Å². The van der Waals surface area contributed by atoms with Gasteiger partial charge < -0.3 is 29.1 Å². The van der Waals surface area contributed by atoms with Crippen LogP contribution in [-0.2, 0) is 9.59 Å². The second-order valence-electron chi connectivity index (χ2n) is 9.09. The van der Waals surface area contributed by atoms with Crippen LogP contribution in [0.5, 0.6) is 17.2 Å². The van der Waals surface area contributed by atoms with Gasteiger partial charge in [-0.15, -0.1) is 0 Å². The Morgan fingerprint density at radius 3 is 2.29 bits per heavy atom. The summed E-state index contributed by atoms with van der Waals surface area (Å²) >= 11 is 0. The highest BCUT2D eigenvalue weighted by Crippen LogP contribution is 2.42. The number of aliphatic hydroxyl groups is 1. The molecule has 1 N–H and O–H groups in total. The number of unbranched alkanes of at least 4 members (excludes halogenated alkanes) is 1. The van der Waals surface area contributed by atoms with E-state index in [0.29, 0.717) is 54.7 Å². The molecular weight excluding hydrogens is 484 g/mol. The summed E-state index contributed by atoms with van der Waals surface area (Å²) < 4.78 is 17.0. The Bertz CT molecular complexity index is 1120. The number of methoxy groups -OCH3 is 1. The number of carbonyl (C=O) groups excluding carboxylic acids is 2. The number of ether oxygens (including phenoxy) is 3. The van der Waals surface area contributed by atoms with Gasteiger partial charge in [-0.2, -0.15) is 0 Å². The van der Waals surface area contributed by atoms with Gasteiger partial charge in [-0.1, -0.05) is 33.3 Å². The molecule has 2 aromatic rings. The zero-order valence-corrected chi connectivity index (χ0v) is 23.2. The molecule has 206 valence electrons. The van der Waals surface area contributed by atoms with Crippen molar-refractivity contribution in [3.8, 4) is 17.2 Å². The first-order valence-corrected chi connectivity index (χ1v) is 13.4. The maximum absolute atomic E-state index is 13.4. The van der Waals surface area contributed by atoms with E-state index in [1.165, 1.54) is 0 Å². The van der Waals surface area contributed by atoms with Crippen LogP contribution in [0.25, 0.3) is 5.76 Å². The van der Waals surface area contributed by atoms with E-state index < -0.39 is 17.7 Å². The van der Waals surface area contributed by atoms with Crippen LogP contribution >= 0.6 is 0 Å². The highest BCUT2D eigenvalue weighted by molar-refractivity contribution is 6.46. The second-order valence-corrected chi connectivity index (χ2v) is 9.09. The number of rotatable bonds is 14. The summed E-state index contributed by atoms with van der Waals surface area (Å²) in [4.78, 5) is 30.4. The predicted octanol–water partition coefficient (Wildman–Crippen LogP) is 5.04. The lowest BCUT2D eigenvalue weighted by Crippen LogP contribution is -2.38. The molecule has 0 aliphatic carbocycles. The van der Waals surface area contributed by atoms with E-state index in [2.05, 4.69) is 25.7 Å². The number of nitrogens with zero attached hydrogens (tertiary/aromatic N) is 2. The molecule has 1 unspecified atom stereocenters. The number of hydrogen-bond acceptors (Lipinski definition) is 7. The fraction of sp³-hybridized carbons (Fsp3) is 0.467. The number of benzene rings is 2. The molecule has 0 bridgehead atoms. The molecular formula is C30H40N2O6. The summed E-state index contributed by atoms with van der Waals surface area (Å²) in [5.41, 5.74) is 1.16. The Labute approximate surface area is 225 Å². The molecule has 1 aliphatic rings. The topological polar surface area (TPSA) is 88.5 Å². The number of ketones is 1. The minimum absolute atomic E-state index is 0.0559. The van der Waals surface area contributed by atoms with Crippen molar-refractivity contribution in [2.24, 2.45) is 0 Å². The van der Waals surface area contributed by atoms with Crippen LogP contribution in [0.2, 0.25) is 0 Å². The molecule has 8 nitrogen and oxygen atoms in total. The van der Waals surface area contributed by atoms with Crippen molar-refractivity contribution in [3.05, 3.63) is 59.2 Å². The number of carbonyl (C=O) groups is 2. The molecule has 0 spiro atoms. The zero-order chi connectivity index (χ0) is 27.7. The molecule has 3 rings (SSSR count). The molecule has 0 radical (unpaired) electrons. The maximum atomic E-state index is 13.4. The van der Waals surface area contributed by atoms with Gasteiger partial charge in [-0.05, 0) is 68.4 Å². The fourth-order valence-corrected chi connectivity index (χ4v) is 4.58. The molecule has 1 amide bonds. The minimum atomic E-state index is -0.768. The molecule has 8 heteroatoms. The number of aliphatic hydroxyl groups excluding tert-OH is 1. The van der Waals surface area contributed by atoms with Gasteiger partial charge in [0, 0.05) is 18.7 Å². The van der Waals surface area contributed by atoms with Crippen LogP contribution in [0, 0.1) is 0 Å². The van der Waals surface area contributed by atoms with E-state index >= 15 is 0 Å². The lowest BCUT2D eigenvalue weighted by molar-refractivity contribution is -0.140. The van der Waals surface area contributed by atoms with E-state index in [4.69, 9.17) is 14.2 Å². The summed E-state index contributed by atoms with van der Waals surface area (Å²) in [6.45, 7) is 11.8. The molecule has 1 fully saturated rings. The monoisotopic (exact) mass is 524 g/mol. The van der Waals surface area contributed by atoms with Gasteiger partial charge >= 0.3 is 0 Å². The standard InChI is InChI=1S/C30H40N2O6/c1-6-10-19-38-24-16-13-22(20-25(24)36-5)27-26(28(33)21-11-14-23(15-12-21)37-9-4)29(34)30(35)32(27)18-17-31(7-2)8-3/h11-16,20,27,33H,6-10,17-19H2,1-5H3. The van der Waals surface area contributed by atoms with Gasteiger partial charge in [0.05, 0.1) is 31.9 Å². The van der Waals surface area contributed by atoms with Crippen LogP contribution < -0.4 is 14.2 Å². The predicted molar refractivity (Wildman–Crippen MR) is 148 cm³/mol. The van der Waals surface area contributed by atoms with E-state index in [9.17, 15) is 14.7 Å². The van der Waals surface area contributed by atoms with E-state index in [1.54, 1.807) is 48.4 Å². The third-order valence-electron chi connectivity index (χ3n) is 6.79. The van der Waals surface area contributed by atoms with Crippen molar-refractivity contribution >= 4 is 17.4 Å². The van der Waals surface area contributed by atoms with Crippen molar-refractivity contribution in [1.29, 1.82) is 0 Å². The molecule has 1 heterocycles. The van der Waals surface area contributed by atoms with Crippen LogP contribution in [0.1, 0.15) is 57.7 Å². The number of hydrogen-bond donors (Lipinski definition) is 1.